The second-order valence-corrected chi connectivity index (χ2v) is 2.96. The topological polar surface area (TPSA) is 71.1 Å². The lowest BCUT2D eigenvalue weighted by atomic mass is 10.3. The van der Waals surface area contributed by atoms with E-state index < -0.39 is 23.7 Å². The predicted octanol–water partition coefficient (Wildman–Crippen LogP) is 0.785. The van der Waals surface area contributed by atoms with Crippen molar-refractivity contribution >= 4 is 17.5 Å². The maximum Gasteiger partial charge on any atom is 0.433 e. The number of carbonyl (C=O) groups excluding carboxylic acids is 2. The molecule has 0 saturated carbocycles. The Hall–Kier alpha value is -2.12. The quantitative estimate of drug-likeness (QED) is 0.720. The number of rotatable bonds is 1. The van der Waals surface area contributed by atoms with Crippen LogP contribution in [0.2, 0.25) is 0 Å². The van der Waals surface area contributed by atoms with Gasteiger partial charge in [-0.3, -0.25) is 9.59 Å². The number of carbonyl (C=O) groups is 2. The molecule has 17 heavy (non-hydrogen) atoms. The van der Waals surface area contributed by atoms with Crippen molar-refractivity contribution in [3.05, 3.63) is 24.0 Å². The molecule has 2 N–H and O–H groups in total. The van der Waals surface area contributed by atoms with E-state index in [2.05, 4.69) is 15.6 Å². The Bertz CT molecular complexity index is 428. The Labute approximate surface area is 94.0 Å². The van der Waals surface area contributed by atoms with Gasteiger partial charge in [0.25, 0.3) is 0 Å². The molecule has 0 aromatic carbocycles. The molecule has 0 aliphatic carbocycles. The number of halogens is 3. The first-order valence-electron chi connectivity index (χ1n) is 4.41. The zero-order chi connectivity index (χ0) is 13.1. The molecule has 1 heterocycles. The van der Waals surface area contributed by atoms with Crippen molar-refractivity contribution in [1.29, 1.82) is 0 Å². The number of nitrogens with zero attached hydrogens (tertiary/aromatic N) is 1. The van der Waals surface area contributed by atoms with Gasteiger partial charge in [-0.25, -0.2) is 4.98 Å². The van der Waals surface area contributed by atoms with Crippen LogP contribution in [-0.4, -0.2) is 23.8 Å². The maximum atomic E-state index is 12.2. The summed E-state index contributed by atoms with van der Waals surface area (Å²) in [6.45, 7) is 0. The summed E-state index contributed by atoms with van der Waals surface area (Å²) in [5.41, 5.74) is -1.07. The summed E-state index contributed by atoms with van der Waals surface area (Å²) in [7, 11) is 1.26. The van der Waals surface area contributed by atoms with E-state index in [0.717, 1.165) is 12.3 Å². The second-order valence-electron chi connectivity index (χ2n) is 2.96. The van der Waals surface area contributed by atoms with Gasteiger partial charge in [-0.1, -0.05) is 0 Å². The van der Waals surface area contributed by atoms with Crippen LogP contribution in [0.3, 0.4) is 0 Å². The normalized spacial score (nSPS) is 10.8. The average molecular weight is 247 g/mol. The second kappa shape index (κ2) is 4.81. The highest BCUT2D eigenvalue weighted by Gasteiger charge is 2.32. The van der Waals surface area contributed by atoms with E-state index in [9.17, 15) is 22.8 Å². The van der Waals surface area contributed by atoms with E-state index in [1.807, 2.05) is 0 Å². The molecule has 0 unspecified atom stereocenters. The number of nitrogens with one attached hydrogen (secondary N) is 2. The standard InChI is InChI=1S/C9H8F3N3O2/c1-13-7(16)8(17)15-5-2-3-6(14-4-5)9(10,11)12/h2-4H,1H3,(H,13,16)(H,15,17). The summed E-state index contributed by atoms with van der Waals surface area (Å²) < 4.78 is 36.5. The van der Waals surface area contributed by atoms with Crippen LogP contribution in [0.1, 0.15) is 5.69 Å². The molecule has 0 aliphatic heterocycles. The van der Waals surface area contributed by atoms with Crippen LogP contribution in [-0.2, 0) is 15.8 Å². The molecule has 0 saturated heterocycles. The predicted molar refractivity (Wildman–Crippen MR) is 51.9 cm³/mol. The Morgan fingerprint density at radius 2 is 1.88 bits per heavy atom. The Balaban J connectivity index is 2.76. The average Bonchev–Trinajstić information content (AvgIpc) is 2.27. The van der Waals surface area contributed by atoms with Gasteiger partial charge in [0.1, 0.15) is 5.69 Å². The molecule has 0 radical (unpaired) electrons. The number of hydrogen-bond donors (Lipinski definition) is 2. The third-order valence-corrected chi connectivity index (χ3v) is 1.75. The zero-order valence-electron chi connectivity index (χ0n) is 8.63. The van der Waals surface area contributed by atoms with Crippen LogP contribution in [0.4, 0.5) is 18.9 Å². The molecule has 0 bridgehead atoms. The number of aromatic nitrogens is 1. The Morgan fingerprint density at radius 3 is 2.29 bits per heavy atom. The minimum Gasteiger partial charge on any atom is -0.351 e. The van der Waals surface area contributed by atoms with Gasteiger partial charge in [0.05, 0.1) is 11.9 Å². The summed E-state index contributed by atoms with van der Waals surface area (Å²) in [5.74, 6) is -1.88. The molecule has 1 rings (SSSR count). The van der Waals surface area contributed by atoms with Gasteiger partial charge in [-0.15, -0.1) is 0 Å². The van der Waals surface area contributed by atoms with Crippen molar-refractivity contribution < 1.29 is 22.8 Å². The summed E-state index contributed by atoms with van der Waals surface area (Å²) >= 11 is 0. The molecule has 1 aromatic rings. The number of pyridine rings is 1. The lowest BCUT2D eigenvalue weighted by Crippen LogP contribution is -2.32. The number of alkyl halides is 3. The highest BCUT2D eigenvalue weighted by molar-refractivity contribution is 6.39. The van der Waals surface area contributed by atoms with Gasteiger partial charge in [0, 0.05) is 7.05 Å². The summed E-state index contributed by atoms with van der Waals surface area (Å²) in [4.78, 5) is 25.0. The van der Waals surface area contributed by atoms with Crippen molar-refractivity contribution in [2.24, 2.45) is 0 Å². The van der Waals surface area contributed by atoms with E-state index in [4.69, 9.17) is 0 Å². The van der Waals surface area contributed by atoms with Crippen molar-refractivity contribution in [2.75, 3.05) is 12.4 Å². The first-order chi connectivity index (χ1) is 7.84. The molecule has 0 atom stereocenters. The minimum atomic E-state index is -4.54. The van der Waals surface area contributed by atoms with E-state index in [0.29, 0.717) is 6.07 Å². The summed E-state index contributed by atoms with van der Waals surface area (Å²) in [6, 6.07) is 1.72. The van der Waals surface area contributed by atoms with Gasteiger partial charge in [0.2, 0.25) is 0 Å². The molecule has 0 aliphatic rings. The van der Waals surface area contributed by atoms with Crippen LogP contribution in [0.25, 0.3) is 0 Å². The molecule has 92 valence electrons. The molecule has 5 nitrogen and oxygen atoms in total. The van der Waals surface area contributed by atoms with Crippen molar-refractivity contribution in [3.8, 4) is 0 Å². The number of anilines is 1. The minimum absolute atomic E-state index is 0.00611. The molecule has 0 fully saturated rings. The van der Waals surface area contributed by atoms with Gasteiger partial charge in [-0.05, 0) is 12.1 Å². The fourth-order valence-corrected chi connectivity index (χ4v) is 0.937. The van der Waals surface area contributed by atoms with Crippen LogP contribution >= 0.6 is 0 Å². The van der Waals surface area contributed by atoms with Crippen molar-refractivity contribution in [1.82, 2.24) is 10.3 Å². The van der Waals surface area contributed by atoms with E-state index in [-0.39, 0.29) is 5.69 Å². The fourth-order valence-electron chi connectivity index (χ4n) is 0.937. The maximum absolute atomic E-state index is 12.2. The first-order valence-corrected chi connectivity index (χ1v) is 4.41. The molecule has 0 spiro atoms. The highest BCUT2D eigenvalue weighted by atomic mass is 19.4. The van der Waals surface area contributed by atoms with Crippen LogP contribution < -0.4 is 10.6 Å². The largest absolute Gasteiger partial charge is 0.433 e. The summed E-state index contributed by atoms with van der Waals surface area (Å²) in [5, 5.41) is 4.16. The van der Waals surface area contributed by atoms with Gasteiger partial charge in [-0.2, -0.15) is 13.2 Å². The van der Waals surface area contributed by atoms with Gasteiger partial charge < -0.3 is 10.6 Å². The fraction of sp³-hybridized carbons (Fsp3) is 0.222. The molecular weight excluding hydrogens is 239 g/mol. The van der Waals surface area contributed by atoms with E-state index in [1.54, 1.807) is 0 Å². The van der Waals surface area contributed by atoms with Gasteiger partial charge >= 0.3 is 18.0 Å². The lowest BCUT2D eigenvalue weighted by Gasteiger charge is -2.07. The van der Waals surface area contributed by atoms with Crippen molar-refractivity contribution in [3.63, 3.8) is 0 Å². The zero-order valence-corrected chi connectivity index (χ0v) is 8.63. The molecular formula is C9H8F3N3O2. The summed E-state index contributed by atoms with van der Waals surface area (Å²) in [6.07, 6.45) is -3.72. The monoisotopic (exact) mass is 247 g/mol. The van der Waals surface area contributed by atoms with Gasteiger partial charge in [0.15, 0.2) is 0 Å². The van der Waals surface area contributed by atoms with Crippen molar-refractivity contribution in [2.45, 2.75) is 6.18 Å². The van der Waals surface area contributed by atoms with Crippen LogP contribution in [0.5, 0.6) is 0 Å². The third-order valence-electron chi connectivity index (χ3n) is 1.75. The highest BCUT2D eigenvalue weighted by Crippen LogP contribution is 2.27. The third kappa shape index (κ3) is 3.44. The lowest BCUT2D eigenvalue weighted by molar-refractivity contribution is -0.141. The van der Waals surface area contributed by atoms with Crippen LogP contribution in [0, 0.1) is 0 Å². The Kier molecular flexibility index (Phi) is 3.66. The first kappa shape index (κ1) is 12.9. The number of likely N-dealkylation sites (N-methyl/N-ethyl adjacent to an activating group) is 1. The molecule has 2 amide bonds. The smallest absolute Gasteiger partial charge is 0.351 e. The van der Waals surface area contributed by atoms with Crippen LogP contribution in [0.15, 0.2) is 18.3 Å². The SMILES string of the molecule is CNC(=O)C(=O)Nc1ccc(C(F)(F)F)nc1. The number of amides is 2. The molecule has 1 aromatic heterocycles. The van der Waals surface area contributed by atoms with E-state index in [1.165, 1.54) is 7.05 Å². The van der Waals surface area contributed by atoms with E-state index >= 15 is 0 Å². The molecule has 8 heteroatoms. The Morgan fingerprint density at radius 1 is 1.24 bits per heavy atom. The number of hydrogen-bond acceptors (Lipinski definition) is 3.